The molecule has 2 heteroatoms. The van der Waals surface area contributed by atoms with Crippen LogP contribution in [0.15, 0.2) is 0 Å². The molecule has 0 radical (unpaired) electrons. The van der Waals surface area contributed by atoms with Crippen LogP contribution in [0.5, 0.6) is 0 Å². The SMILES string of the molecule is CCCC1CCN(CC2CCC(C)(C)C2O)C1. The van der Waals surface area contributed by atoms with Crippen molar-refractivity contribution in [3.05, 3.63) is 0 Å². The van der Waals surface area contributed by atoms with Gasteiger partial charge in [0.2, 0.25) is 0 Å². The Kier molecular flexibility index (Phi) is 4.14. The van der Waals surface area contributed by atoms with E-state index in [1.807, 2.05) is 0 Å². The zero-order chi connectivity index (χ0) is 12.5. The fourth-order valence-corrected chi connectivity index (χ4v) is 3.75. The number of hydrogen-bond donors (Lipinski definition) is 1. The van der Waals surface area contributed by atoms with Gasteiger partial charge >= 0.3 is 0 Å². The van der Waals surface area contributed by atoms with Gasteiger partial charge in [-0.25, -0.2) is 0 Å². The molecule has 1 aliphatic carbocycles. The van der Waals surface area contributed by atoms with E-state index < -0.39 is 0 Å². The van der Waals surface area contributed by atoms with Crippen LogP contribution in [-0.2, 0) is 0 Å². The lowest BCUT2D eigenvalue weighted by molar-refractivity contribution is 0.0349. The minimum atomic E-state index is -0.0901. The highest BCUT2D eigenvalue weighted by Crippen LogP contribution is 2.41. The maximum atomic E-state index is 10.3. The predicted molar refractivity (Wildman–Crippen MR) is 72.0 cm³/mol. The topological polar surface area (TPSA) is 23.5 Å². The summed E-state index contributed by atoms with van der Waals surface area (Å²) in [4.78, 5) is 2.59. The minimum Gasteiger partial charge on any atom is -0.392 e. The molecule has 0 amide bonds. The Balaban J connectivity index is 1.79. The summed E-state index contributed by atoms with van der Waals surface area (Å²) < 4.78 is 0. The monoisotopic (exact) mass is 239 g/mol. The third-order valence-corrected chi connectivity index (χ3v) is 4.97. The van der Waals surface area contributed by atoms with Crippen molar-refractivity contribution in [2.24, 2.45) is 17.3 Å². The molecule has 2 rings (SSSR count). The number of rotatable bonds is 4. The first-order chi connectivity index (χ1) is 8.03. The molecule has 3 atom stereocenters. The van der Waals surface area contributed by atoms with Gasteiger partial charge in [-0.2, -0.15) is 0 Å². The predicted octanol–water partition coefficient (Wildman–Crippen LogP) is 2.91. The standard InChI is InChI=1S/C15H29NO/c1-4-5-12-7-9-16(10-12)11-13-6-8-15(2,3)14(13)17/h12-14,17H,4-11H2,1-3H3. The molecule has 2 fully saturated rings. The fourth-order valence-electron chi connectivity index (χ4n) is 3.75. The molecule has 0 bridgehead atoms. The van der Waals surface area contributed by atoms with E-state index in [2.05, 4.69) is 25.7 Å². The Morgan fingerprint density at radius 1 is 1.29 bits per heavy atom. The van der Waals surface area contributed by atoms with Crippen LogP contribution >= 0.6 is 0 Å². The number of hydrogen-bond acceptors (Lipinski definition) is 2. The summed E-state index contributed by atoms with van der Waals surface area (Å²) >= 11 is 0. The van der Waals surface area contributed by atoms with Gasteiger partial charge in [-0.3, -0.25) is 0 Å². The number of likely N-dealkylation sites (tertiary alicyclic amines) is 1. The van der Waals surface area contributed by atoms with Gasteiger partial charge in [0.25, 0.3) is 0 Å². The van der Waals surface area contributed by atoms with Crippen LogP contribution in [0.1, 0.15) is 52.9 Å². The molecule has 0 aromatic carbocycles. The Morgan fingerprint density at radius 2 is 2.06 bits per heavy atom. The van der Waals surface area contributed by atoms with Crippen LogP contribution in [0.4, 0.5) is 0 Å². The lowest BCUT2D eigenvalue weighted by atomic mass is 9.87. The van der Waals surface area contributed by atoms with Crippen molar-refractivity contribution in [1.82, 2.24) is 4.90 Å². The van der Waals surface area contributed by atoms with Gasteiger partial charge in [-0.05, 0) is 49.5 Å². The summed E-state index contributed by atoms with van der Waals surface area (Å²) in [6, 6.07) is 0. The van der Waals surface area contributed by atoms with E-state index in [0.29, 0.717) is 5.92 Å². The second-order valence-electron chi connectivity index (χ2n) is 6.94. The molecule has 100 valence electrons. The summed E-state index contributed by atoms with van der Waals surface area (Å²) in [5.74, 6) is 1.44. The maximum Gasteiger partial charge on any atom is 0.0631 e. The highest BCUT2D eigenvalue weighted by molar-refractivity contribution is 4.93. The third kappa shape index (κ3) is 3.03. The van der Waals surface area contributed by atoms with Crippen molar-refractivity contribution in [3.8, 4) is 0 Å². The molecule has 0 aromatic heterocycles. The van der Waals surface area contributed by atoms with Crippen LogP contribution < -0.4 is 0 Å². The first kappa shape index (κ1) is 13.4. The number of aliphatic hydroxyl groups is 1. The van der Waals surface area contributed by atoms with Crippen molar-refractivity contribution in [2.45, 2.75) is 59.0 Å². The summed E-state index contributed by atoms with van der Waals surface area (Å²) in [6.45, 7) is 10.4. The molecule has 1 saturated carbocycles. The molecule has 17 heavy (non-hydrogen) atoms. The van der Waals surface area contributed by atoms with E-state index in [0.717, 1.165) is 12.5 Å². The molecule has 2 aliphatic rings. The van der Waals surface area contributed by atoms with Crippen LogP contribution in [0.3, 0.4) is 0 Å². The zero-order valence-corrected chi connectivity index (χ0v) is 11.8. The molecule has 1 heterocycles. The number of aliphatic hydroxyl groups excluding tert-OH is 1. The van der Waals surface area contributed by atoms with E-state index in [1.165, 1.54) is 45.2 Å². The van der Waals surface area contributed by atoms with E-state index in [4.69, 9.17) is 0 Å². The molecular formula is C15H29NO. The lowest BCUT2D eigenvalue weighted by Gasteiger charge is -2.28. The molecular weight excluding hydrogens is 210 g/mol. The Hall–Kier alpha value is -0.0800. The lowest BCUT2D eigenvalue weighted by Crippen LogP contribution is -2.35. The molecule has 2 nitrogen and oxygen atoms in total. The highest BCUT2D eigenvalue weighted by Gasteiger charge is 2.41. The van der Waals surface area contributed by atoms with Gasteiger partial charge in [-0.15, -0.1) is 0 Å². The minimum absolute atomic E-state index is 0.0901. The van der Waals surface area contributed by atoms with Crippen molar-refractivity contribution in [1.29, 1.82) is 0 Å². The van der Waals surface area contributed by atoms with Gasteiger partial charge in [-0.1, -0.05) is 27.2 Å². The van der Waals surface area contributed by atoms with Crippen LogP contribution in [-0.4, -0.2) is 35.7 Å². The van der Waals surface area contributed by atoms with Gasteiger partial charge < -0.3 is 10.0 Å². The summed E-state index contributed by atoms with van der Waals surface area (Å²) in [5, 5.41) is 10.3. The van der Waals surface area contributed by atoms with Crippen molar-refractivity contribution < 1.29 is 5.11 Å². The van der Waals surface area contributed by atoms with Gasteiger partial charge in [0.05, 0.1) is 6.10 Å². The van der Waals surface area contributed by atoms with Crippen LogP contribution in [0, 0.1) is 17.3 Å². The Bertz CT molecular complexity index is 251. The molecule has 3 unspecified atom stereocenters. The first-order valence-electron chi connectivity index (χ1n) is 7.43. The average Bonchev–Trinajstić information content (AvgIpc) is 2.80. The molecule has 0 spiro atoms. The summed E-state index contributed by atoms with van der Waals surface area (Å²) in [6.07, 6.45) is 6.38. The molecule has 1 aliphatic heterocycles. The summed E-state index contributed by atoms with van der Waals surface area (Å²) in [7, 11) is 0. The van der Waals surface area contributed by atoms with Crippen molar-refractivity contribution in [3.63, 3.8) is 0 Å². The summed E-state index contributed by atoms with van der Waals surface area (Å²) in [5.41, 5.74) is 0.146. The van der Waals surface area contributed by atoms with Crippen LogP contribution in [0.2, 0.25) is 0 Å². The van der Waals surface area contributed by atoms with Crippen LogP contribution in [0.25, 0.3) is 0 Å². The quantitative estimate of drug-likeness (QED) is 0.815. The van der Waals surface area contributed by atoms with E-state index in [-0.39, 0.29) is 11.5 Å². The van der Waals surface area contributed by atoms with Gasteiger partial charge in [0, 0.05) is 13.1 Å². The normalized spacial score (nSPS) is 37.8. The Labute approximate surface area is 106 Å². The first-order valence-corrected chi connectivity index (χ1v) is 7.43. The average molecular weight is 239 g/mol. The maximum absolute atomic E-state index is 10.3. The molecule has 1 N–H and O–H groups in total. The van der Waals surface area contributed by atoms with Gasteiger partial charge in [0.1, 0.15) is 0 Å². The largest absolute Gasteiger partial charge is 0.392 e. The zero-order valence-electron chi connectivity index (χ0n) is 11.8. The van der Waals surface area contributed by atoms with Gasteiger partial charge in [0.15, 0.2) is 0 Å². The van der Waals surface area contributed by atoms with Crippen molar-refractivity contribution >= 4 is 0 Å². The van der Waals surface area contributed by atoms with E-state index in [9.17, 15) is 5.11 Å². The third-order valence-electron chi connectivity index (χ3n) is 4.97. The molecule has 1 saturated heterocycles. The van der Waals surface area contributed by atoms with E-state index >= 15 is 0 Å². The second kappa shape index (κ2) is 5.27. The molecule has 0 aromatic rings. The fraction of sp³-hybridized carbons (Fsp3) is 1.00. The smallest absolute Gasteiger partial charge is 0.0631 e. The number of nitrogens with zero attached hydrogens (tertiary/aromatic N) is 1. The van der Waals surface area contributed by atoms with E-state index in [1.54, 1.807) is 0 Å². The Morgan fingerprint density at radius 3 is 2.65 bits per heavy atom. The highest BCUT2D eigenvalue weighted by atomic mass is 16.3. The van der Waals surface area contributed by atoms with Crippen molar-refractivity contribution in [2.75, 3.05) is 19.6 Å². The second-order valence-corrected chi connectivity index (χ2v) is 6.94.